The third-order valence-electron chi connectivity index (χ3n) is 4.02. The molecule has 2 aromatic carbocycles. The van der Waals surface area contributed by atoms with E-state index in [-0.39, 0.29) is 5.91 Å². The monoisotopic (exact) mass is 325 g/mol. The Labute approximate surface area is 142 Å². The van der Waals surface area contributed by atoms with E-state index in [1.165, 1.54) is 0 Å². The minimum absolute atomic E-state index is 0.0450. The van der Waals surface area contributed by atoms with Crippen molar-refractivity contribution in [3.8, 4) is 11.5 Å². The van der Waals surface area contributed by atoms with Crippen LogP contribution in [0.1, 0.15) is 10.4 Å². The van der Waals surface area contributed by atoms with Crippen molar-refractivity contribution < 1.29 is 9.53 Å². The van der Waals surface area contributed by atoms with E-state index in [2.05, 4.69) is 15.5 Å². The van der Waals surface area contributed by atoms with Gasteiger partial charge in [-0.05, 0) is 36.4 Å². The van der Waals surface area contributed by atoms with Gasteiger partial charge >= 0.3 is 0 Å². The molecule has 0 atom stereocenters. The molecule has 3 rings (SSSR count). The second-order valence-electron chi connectivity index (χ2n) is 5.79. The zero-order valence-electron chi connectivity index (χ0n) is 13.7. The molecule has 0 aliphatic carbocycles. The molecule has 0 bridgehead atoms. The van der Waals surface area contributed by atoms with Gasteiger partial charge in [-0.3, -0.25) is 9.69 Å². The molecular formula is C19H23N3O2. The number of nitrogens with one attached hydrogen (secondary N) is 2. The number of piperazine rings is 1. The molecule has 2 aromatic rings. The first-order valence-corrected chi connectivity index (χ1v) is 8.35. The standard InChI is InChI=1S/C19H23N3O2/c23-19(21-12-15-22-13-10-20-11-14-22)16-6-8-18(9-7-16)24-17-4-2-1-3-5-17/h1-9,20H,10-15H2,(H,21,23). The van der Waals surface area contributed by atoms with E-state index in [0.29, 0.717) is 12.1 Å². The third kappa shape index (κ3) is 4.81. The average molecular weight is 325 g/mol. The summed E-state index contributed by atoms with van der Waals surface area (Å²) in [6.45, 7) is 5.69. The molecule has 2 N–H and O–H groups in total. The highest BCUT2D eigenvalue weighted by Gasteiger charge is 2.10. The number of nitrogens with zero attached hydrogens (tertiary/aromatic N) is 1. The lowest BCUT2D eigenvalue weighted by molar-refractivity contribution is 0.0947. The van der Waals surface area contributed by atoms with Crippen molar-refractivity contribution in [2.24, 2.45) is 0 Å². The molecule has 1 saturated heterocycles. The maximum atomic E-state index is 12.2. The van der Waals surface area contributed by atoms with Crippen LogP contribution in [0.15, 0.2) is 54.6 Å². The van der Waals surface area contributed by atoms with Crippen molar-refractivity contribution >= 4 is 5.91 Å². The van der Waals surface area contributed by atoms with Gasteiger partial charge in [-0.1, -0.05) is 18.2 Å². The molecule has 0 unspecified atom stereocenters. The summed E-state index contributed by atoms with van der Waals surface area (Å²) in [5, 5.41) is 6.30. The Balaban J connectivity index is 1.46. The Kier molecular flexibility index (Phi) is 5.82. The highest BCUT2D eigenvalue weighted by molar-refractivity contribution is 5.94. The predicted molar refractivity (Wildman–Crippen MR) is 94.6 cm³/mol. The number of benzene rings is 2. The normalized spacial score (nSPS) is 15.0. The fourth-order valence-electron chi connectivity index (χ4n) is 2.66. The molecule has 1 amide bonds. The van der Waals surface area contributed by atoms with Gasteiger partial charge in [0.05, 0.1) is 0 Å². The maximum absolute atomic E-state index is 12.2. The van der Waals surface area contributed by atoms with Crippen LogP contribution in [0.4, 0.5) is 0 Å². The fraction of sp³-hybridized carbons (Fsp3) is 0.316. The van der Waals surface area contributed by atoms with Crippen LogP contribution in [-0.2, 0) is 0 Å². The summed E-state index contributed by atoms with van der Waals surface area (Å²) < 4.78 is 5.73. The van der Waals surface area contributed by atoms with Crippen LogP contribution in [-0.4, -0.2) is 50.1 Å². The largest absolute Gasteiger partial charge is 0.457 e. The highest BCUT2D eigenvalue weighted by Crippen LogP contribution is 2.21. The molecule has 1 aliphatic heterocycles. The molecule has 126 valence electrons. The Bertz CT molecular complexity index is 637. The minimum atomic E-state index is -0.0450. The topological polar surface area (TPSA) is 53.6 Å². The number of carbonyl (C=O) groups is 1. The number of rotatable bonds is 6. The minimum Gasteiger partial charge on any atom is -0.457 e. The molecule has 24 heavy (non-hydrogen) atoms. The lowest BCUT2D eigenvalue weighted by Crippen LogP contribution is -2.46. The SMILES string of the molecule is O=C(NCCN1CCNCC1)c1ccc(Oc2ccccc2)cc1. The van der Waals surface area contributed by atoms with Gasteiger partial charge in [0.2, 0.25) is 0 Å². The smallest absolute Gasteiger partial charge is 0.251 e. The molecule has 1 fully saturated rings. The zero-order chi connectivity index (χ0) is 16.6. The van der Waals surface area contributed by atoms with Crippen molar-refractivity contribution in [3.63, 3.8) is 0 Å². The molecule has 0 aromatic heterocycles. The molecular weight excluding hydrogens is 302 g/mol. The van der Waals surface area contributed by atoms with Gasteiger partial charge in [0.1, 0.15) is 11.5 Å². The Hall–Kier alpha value is -2.37. The van der Waals surface area contributed by atoms with Crippen LogP contribution in [0.2, 0.25) is 0 Å². The summed E-state index contributed by atoms with van der Waals surface area (Å²) in [7, 11) is 0. The maximum Gasteiger partial charge on any atom is 0.251 e. The number of hydrogen-bond donors (Lipinski definition) is 2. The van der Waals surface area contributed by atoms with Crippen LogP contribution in [0.5, 0.6) is 11.5 Å². The van der Waals surface area contributed by atoms with Crippen LogP contribution in [0, 0.1) is 0 Å². The van der Waals surface area contributed by atoms with Crippen LogP contribution in [0.3, 0.4) is 0 Å². The van der Waals surface area contributed by atoms with Crippen LogP contribution in [0.25, 0.3) is 0 Å². The summed E-state index contributed by atoms with van der Waals surface area (Å²) in [6.07, 6.45) is 0. The molecule has 0 spiro atoms. The first-order chi connectivity index (χ1) is 11.8. The van der Waals surface area contributed by atoms with Crippen molar-refractivity contribution in [2.75, 3.05) is 39.3 Å². The second kappa shape index (κ2) is 8.47. The average Bonchev–Trinajstić information content (AvgIpc) is 2.64. The number of ether oxygens (including phenoxy) is 1. The third-order valence-corrected chi connectivity index (χ3v) is 4.02. The number of carbonyl (C=O) groups excluding carboxylic acids is 1. The lowest BCUT2D eigenvalue weighted by atomic mass is 10.2. The van der Waals surface area contributed by atoms with Gasteiger partial charge in [-0.2, -0.15) is 0 Å². The highest BCUT2D eigenvalue weighted by atomic mass is 16.5. The number of para-hydroxylation sites is 1. The van der Waals surface area contributed by atoms with Crippen molar-refractivity contribution in [1.29, 1.82) is 0 Å². The van der Waals surface area contributed by atoms with E-state index in [0.717, 1.165) is 44.2 Å². The Morgan fingerprint density at radius 1 is 1.00 bits per heavy atom. The Morgan fingerprint density at radius 3 is 2.38 bits per heavy atom. The zero-order valence-corrected chi connectivity index (χ0v) is 13.7. The summed E-state index contributed by atoms with van der Waals surface area (Å²) >= 11 is 0. The van der Waals surface area contributed by atoms with E-state index < -0.39 is 0 Å². The van der Waals surface area contributed by atoms with E-state index in [4.69, 9.17) is 4.74 Å². The first kappa shape index (κ1) is 16.5. The summed E-state index contributed by atoms with van der Waals surface area (Å²) in [6, 6.07) is 16.8. The molecule has 0 radical (unpaired) electrons. The summed E-state index contributed by atoms with van der Waals surface area (Å²) in [5.41, 5.74) is 0.649. The quantitative estimate of drug-likeness (QED) is 0.854. The van der Waals surface area contributed by atoms with Gasteiger partial charge in [0.15, 0.2) is 0 Å². The fourth-order valence-corrected chi connectivity index (χ4v) is 2.66. The number of hydrogen-bond acceptors (Lipinski definition) is 4. The first-order valence-electron chi connectivity index (χ1n) is 8.35. The summed E-state index contributed by atoms with van der Waals surface area (Å²) in [5.74, 6) is 1.46. The van der Waals surface area contributed by atoms with Crippen molar-refractivity contribution in [3.05, 3.63) is 60.2 Å². The van der Waals surface area contributed by atoms with Gasteiger partial charge in [0.25, 0.3) is 5.91 Å². The van der Waals surface area contributed by atoms with Crippen LogP contribution >= 0.6 is 0 Å². The molecule has 5 heteroatoms. The number of amides is 1. The van der Waals surface area contributed by atoms with E-state index in [1.54, 1.807) is 12.1 Å². The Morgan fingerprint density at radius 2 is 1.67 bits per heavy atom. The summed E-state index contributed by atoms with van der Waals surface area (Å²) in [4.78, 5) is 14.5. The molecule has 5 nitrogen and oxygen atoms in total. The van der Waals surface area contributed by atoms with Crippen LogP contribution < -0.4 is 15.4 Å². The predicted octanol–water partition coefficient (Wildman–Crippen LogP) is 2.11. The van der Waals surface area contributed by atoms with Gasteiger partial charge < -0.3 is 15.4 Å². The lowest BCUT2D eigenvalue weighted by Gasteiger charge is -2.27. The molecule has 0 saturated carbocycles. The van der Waals surface area contributed by atoms with Gasteiger partial charge in [0, 0.05) is 44.8 Å². The molecule has 1 aliphatic rings. The van der Waals surface area contributed by atoms with Crippen molar-refractivity contribution in [2.45, 2.75) is 0 Å². The van der Waals surface area contributed by atoms with Crippen molar-refractivity contribution in [1.82, 2.24) is 15.5 Å². The van der Waals surface area contributed by atoms with Gasteiger partial charge in [-0.15, -0.1) is 0 Å². The van der Waals surface area contributed by atoms with Gasteiger partial charge in [-0.25, -0.2) is 0 Å². The van der Waals surface area contributed by atoms with E-state index in [1.807, 2.05) is 42.5 Å². The molecule has 1 heterocycles. The second-order valence-corrected chi connectivity index (χ2v) is 5.79. The van der Waals surface area contributed by atoms with E-state index in [9.17, 15) is 4.79 Å². The van der Waals surface area contributed by atoms with E-state index >= 15 is 0 Å².